The van der Waals surface area contributed by atoms with Crippen LogP contribution in [0.4, 0.5) is 0 Å². The van der Waals surface area contributed by atoms with Crippen molar-refractivity contribution in [2.24, 2.45) is 0 Å². The molecule has 0 aliphatic carbocycles. The first-order valence-corrected chi connectivity index (χ1v) is 5.98. The molecule has 2 rings (SSSR count). The minimum absolute atomic E-state index is 0.0673. The number of aryl methyl sites for hydroxylation is 1. The molecule has 1 aromatic heterocycles. The van der Waals surface area contributed by atoms with Crippen molar-refractivity contribution in [2.45, 2.75) is 13.5 Å². The van der Waals surface area contributed by atoms with E-state index in [1.54, 1.807) is 37.2 Å². The summed E-state index contributed by atoms with van der Waals surface area (Å²) >= 11 is 0. The Morgan fingerprint density at radius 2 is 1.89 bits per heavy atom. The Morgan fingerprint density at radius 3 is 2.47 bits per heavy atom. The molecule has 1 heterocycles. The second-order valence-corrected chi connectivity index (χ2v) is 3.97. The molecule has 1 aromatic carbocycles. The summed E-state index contributed by atoms with van der Waals surface area (Å²) in [5.41, 5.74) is 1.37. The fourth-order valence-electron chi connectivity index (χ4n) is 1.82. The summed E-state index contributed by atoms with van der Waals surface area (Å²) in [6.07, 6.45) is 1.55. The Labute approximate surface area is 111 Å². The number of nitrogens with zero attached hydrogens (tertiary/aromatic N) is 2. The van der Waals surface area contributed by atoms with Gasteiger partial charge >= 0.3 is 0 Å². The van der Waals surface area contributed by atoms with E-state index in [-0.39, 0.29) is 5.56 Å². The Balaban J connectivity index is 2.47. The van der Waals surface area contributed by atoms with E-state index in [9.17, 15) is 4.79 Å². The van der Waals surface area contributed by atoms with Crippen LogP contribution in [-0.2, 0) is 6.54 Å². The van der Waals surface area contributed by atoms with Crippen molar-refractivity contribution in [2.75, 3.05) is 14.2 Å². The predicted octanol–water partition coefficient (Wildman–Crippen LogP) is 1.95. The maximum absolute atomic E-state index is 11.8. The highest BCUT2D eigenvalue weighted by molar-refractivity contribution is 5.63. The normalized spacial score (nSPS) is 10.3. The SMILES string of the molecule is CCn1cnc(-c2ccc(OC)c(OC)c2)cc1=O. The fraction of sp³-hybridized carbons (Fsp3) is 0.286. The molecule has 0 spiro atoms. The third kappa shape index (κ3) is 2.59. The van der Waals surface area contributed by atoms with Gasteiger partial charge in [-0.1, -0.05) is 0 Å². The van der Waals surface area contributed by atoms with Crippen molar-refractivity contribution >= 4 is 0 Å². The molecule has 0 atom stereocenters. The lowest BCUT2D eigenvalue weighted by Crippen LogP contribution is -2.18. The molecule has 0 radical (unpaired) electrons. The molecule has 19 heavy (non-hydrogen) atoms. The van der Waals surface area contributed by atoms with Crippen LogP contribution in [0, 0.1) is 0 Å². The van der Waals surface area contributed by atoms with Crippen LogP contribution in [0.2, 0.25) is 0 Å². The zero-order valence-corrected chi connectivity index (χ0v) is 11.2. The van der Waals surface area contributed by atoms with Gasteiger partial charge in [0.1, 0.15) is 0 Å². The summed E-state index contributed by atoms with van der Waals surface area (Å²) in [6, 6.07) is 6.96. The van der Waals surface area contributed by atoms with Gasteiger partial charge in [0.15, 0.2) is 11.5 Å². The lowest BCUT2D eigenvalue weighted by molar-refractivity contribution is 0.355. The monoisotopic (exact) mass is 260 g/mol. The molecule has 0 unspecified atom stereocenters. The lowest BCUT2D eigenvalue weighted by atomic mass is 10.1. The molecule has 5 heteroatoms. The Morgan fingerprint density at radius 1 is 1.16 bits per heavy atom. The van der Waals surface area contributed by atoms with E-state index >= 15 is 0 Å². The van der Waals surface area contributed by atoms with Crippen LogP contribution in [0.3, 0.4) is 0 Å². The molecular weight excluding hydrogens is 244 g/mol. The standard InChI is InChI=1S/C14H16N2O3/c1-4-16-9-15-11(8-14(16)17)10-5-6-12(18-2)13(7-10)19-3/h5-9H,4H2,1-3H3. The van der Waals surface area contributed by atoms with Gasteiger partial charge in [-0.05, 0) is 25.1 Å². The van der Waals surface area contributed by atoms with Crippen LogP contribution in [0.25, 0.3) is 11.3 Å². The van der Waals surface area contributed by atoms with Gasteiger partial charge in [0.25, 0.3) is 5.56 Å². The fourth-order valence-corrected chi connectivity index (χ4v) is 1.82. The van der Waals surface area contributed by atoms with Crippen molar-refractivity contribution in [3.05, 3.63) is 40.9 Å². The van der Waals surface area contributed by atoms with E-state index in [1.807, 2.05) is 13.0 Å². The molecule has 100 valence electrons. The topological polar surface area (TPSA) is 53.4 Å². The first-order chi connectivity index (χ1) is 9.19. The number of benzene rings is 1. The van der Waals surface area contributed by atoms with Gasteiger partial charge in [0.2, 0.25) is 0 Å². The number of aromatic nitrogens is 2. The molecule has 0 saturated carbocycles. The van der Waals surface area contributed by atoms with Gasteiger partial charge in [-0.15, -0.1) is 0 Å². The Hall–Kier alpha value is -2.30. The van der Waals surface area contributed by atoms with Crippen molar-refractivity contribution in [3.63, 3.8) is 0 Å². The molecule has 0 bridgehead atoms. The van der Waals surface area contributed by atoms with Crippen LogP contribution in [0.1, 0.15) is 6.92 Å². The summed E-state index contributed by atoms with van der Waals surface area (Å²) in [6.45, 7) is 2.51. The quantitative estimate of drug-likeness (QED) is 0.843. The van der Waals surface area contributed by atoms with Gasteiger partial charge < -0.3 is 9.47 Å². The van der Waals surface area contributed by atoms with Gasteiger partial charge in [-0.3, -0.25) is 9.36 Å². The van der Waals surface area contributed by atoms with Crippen molar-refractivity contribution in [1.29, 1.82) is 0 Å². The number of methoxy groups -OCH3 is 2. The zero-order chi connectivity index (χ0) is 13.8. The van der Waals surface area contributed by atoms with E-state index in [2.05, 4.69) is 4.98 Å². The van der Waals surface area contributed by atoms with Crippen molar-refractivity contribution in [1.82, 2.24) is 9.55 Å². The highest BCUT2D eigenvalue weighted by Crippen LogP contribution is 2.30. The molecule has 0 aliphatic rings. The molecule has 0 saturated heterocycles. The van der Waals surface area contributed by atoms with Gasteiger partial charge in [0.05, 0.1) is 26.2 Å². The minimum Gasteiger partial charge on any atom is -0.493 e. The summed E-state index contributed by atoms with van der Waals surface area (Å²) in [5, 5.41) is 0. The maximum atomic E-state index is 11.8. The number of ether oxygens (including phenoxy) is 2. The largest absolute Gasteiger partial charge is 0.493 e. The van der Waals surface area contributed by atoms with E-state index < -0.39 is 0 Å². The second-order valence-electron chi connectivity index (χ2n) is 3.97. The van der Waals surface area contributed by atoms with Gasteiger partial charge in [-0.25, -0.2) is 4.98 Å². The van der Waals surface area contributed by atoms with Crippen LogP contribution in [0.15, 0.2) is 35.4 Å². The molecular formula is C14H16N2O3. The Bertz CT molecular complexity index is 635. The molecule has 0 aliphatic heterocycles. The zero-order valence-electron chi connectivity index (χ0n) is 11.2. The minimum atomic E-state index is -0.0673. The van der Waals surface area contributed by atoms with E-state index in [4.69, 9.17) is 9.47 Å². The first kappa shape index (κ1) is 13.1. The van der Waals surface area contributed by atoms with Gasteiger partial charge in [0, 0.05) is 18.2 Å². The number of hydrogen-bond acceptors (Lipinski definition) is 4. The van der Waals surface area contributed by atoms with Crippen LogP contribution >= 0.6 is 0 Å². The highest BCUT2D eigenvalue weighted by Gasteiger charge is 2.08. The van der Waals surface area contributed by atoms with E-state index in [0.29, 0.717) is 23.7 Å². The van der Waals surface area contributed by atoms with Crippen molar-refractivity contribution < 1.29 is 9.47 Å². The second kappa shape index (κ2) is 5.56. The summed E-state index contributed by atoms with van der Waals surface area (Å²) < 4.78 is 12.0. The maximum Gasteiger partial charge on any atom is 0.253 e. The molecule has 0 N–H and O–H groups in total. The molecule has 5 nitrogen and oxygen atoms in total. The predicted molar refractivity (Wildman–Crippen MR) is 72.7 cm³/mol. The summed E-state index contributed by atoms with van der Waals surface area (Å²) in [4.78, 5) is 16.1. The average molecular weight is 260 g/mol. The summed E-state index contributed by atoms with van der Waals surface area (Å²) in [5.74, 6) is 1.26. The first-order valence-electron chi connectivity index (χ1n) is 5.98. The smallest absolute Gasteiger partial charge is 0.253 e. The Kier molecular flexibility index (Phi) is 3.85. The highest BCUT2D eigenvalue weighted by atomic mass is 16.5. The third-order valence-electron chi connectivity index (χ3n) is 2.90. The summed E-state index contributed by atoms with van der Waals surface area (Å²) in [7, 11) is 3.16. The van der Waals surface area contributed by atoms with Crippen molar-refractivity contribution in [3.8, 4) is 22.8 Å². The van der Waals surface area contributed by atoms with E-state index in [1.165, 1.54) is 6.07 Å². The van der Waals surface area contributed by atoms with Crippen LogP contribution in [0.5, 0.6) is 11.5 Å². The average Bonchev–Trinajstić information content (AvgIpc) is 2.46. The molecule has 2 aromatic rings. The van der Waals surface area contributed by atoms with Gasteiger partial charge in [-0.2, -0.15) is 0 Å². The third-order valence-corrected chi connectivity index (χ3v) is 2.90. The number of rotatable bonds is 4. The molecule has 0 amide bonds. The lowest BCUT2D eigenvalue weighted by Gasteiger charge is -2.09. The molecule has 0 fully saturated rings. The number of hydrogen-bond donors (Lipinski definition) is 0. The van der Waals surface area contributed by atoms with E-state index in [0.717, 1.165) is 5.56 Å². The van der Waals surface area contributed by atoms with Crippen LogP contribution in [-0.4, -0.2) is 23.8 Å². The van der Waals surface area contributed by atoms with Crippen LogP contribution < -0.4 is 15.0 Å².